The van der Waals surface area contributed by atoms with Crippen molar-refractivity contribution in [1.82, 2.24) is 0 Å². The van der Waals surface area contributed by atoms with Crippen LogP contribution in [0, 0.1) is 32.6 Å². The third kappa shape index (κ3) is 5.44. The smallest absolute Gasteiger partial charge is 0.360 e. The number of rotatable bonds is 10. The molecule has 0 aromatic heterocycles. The van der Waals surface area contributed by atoms with E-state index < -0.39 is 25.5 Å². The molecule has 27 heavy (non-hydrogen) atoms. The molecule has 6 nitrogen and oxygen atoms in total. The van der Waals surface area contributed by atoms with Crippen molar-refractivity contribution < 1.29 is 28.7 Å². The normalized spacial score (nSPS) is 14.8. The van der Waals surface area contributed by atoms with Gasteiger partial charge >= 0.3 is 5.97 Å². The molecule has 0 fully saturated rings. The number of aryl methyl sites for hydroxylation is 3. The number of hydrogen-bond acceptors (Lipinski definition) is 6. The Kier molecular flexibility index (Phi) is 8.73. The van der Waals surface area contributed by atoms with E-state index in [2.05, 4.69) is 0 Å². The Labute approximate surface area is 162 Å². The Morgan fingerprint density at radius 1 is 1.11 bits per heavy atom. The van der Waals surface area contributed by atoms with Gasteiger partial charge in [-0.2, -0.15) is 4.89 Å². The minimum atomic E-state index is -1.57. The molecule has 0 saturated carbocycles. The molecule has 1 aromatic rings. The average Bonchev–Trinajstić information content (AvgIpc) is 2.57. The number of ketones is 1. The summed E-state index contributed by atoms with van der Waals surface area (Å²) in [5.41, 5.74) is 3.27. The number of hydrogen-bond donors (Lipinski definition) is 0. The van der Waals surface area contributed by atoms with Crippen molar-refractivity contribution in [2.75, 3.05) is 20.3 Å². The summed E-state index contributed by atoms with van der Waals surface area (Å²) in [6.45, 7) is 11.1. The van der Waals surface area contributed by atoms with Crippen LogP contribution in [0.2, 0.25) is 0 Å². The first-order valence-electron chi connectivity index (χ1n) is 8.89. The summed E-state index contributed by atoms with van der Waals surface area (Å²) >= 11 is 0. The van der Waals surface area contributed by atoms with Gasteiger partial charge in [0.1, 0.15) is 6.61 Å². The van der Waals surface area contributed by atoms with Crippen LogP contribution in [-0.2, 0) is 23.9 Å². The Bertz CT molecular complexity index is 677. The molecule has 2 unspecified atom stereocenters. The zero-order chi connectivity index (χ0) is 20.8. The van der Waals surface area contributed by atoms with Crippen LogP contribution in [0.3, 0.4) is 0 Å². The van der Waals surface area contributed by atoms with Crippen molar-refractivity contribution in [3.8, 4) is 0 Å². The average molecular weight is 396 g/mol. The van der Waals surface area contributed by atoms with E-state index in [-0.39, 0.29) is 24.9 Å². The molecule has 1 rings (SSSR count). The number of carbonyl (C=O) groups excluding carboxylic acids is 2. The molecule has 0 radical (unpaired) electrons. The number of carbonyl (C=O) groups is 2. The molecule has 150 valence electrons. The van der Waals surface area contributed by atoms with Gasteiger partial charge in [0, 0.05) is 12.7 Å². The maximum atomic E-state index is 13.4. The van der Waals surface area contributed by atoms with Crippen molar-refractivity contribution in [2.45, 2.75) is 46.7 Å². The molecule has 0 N–H and O–H groups in total. The molecule has 2 atom stereocenters. The van der Waals surface area contributed by atoms with Crippen molar-refractivity contribution in [3.05, 3.63) is 34.4 Å². The quantitative estimate of drug-likeness (QED) is 0.194. The van der Waals surface area contributed by atoms with Crippen LogP contribution in [0.1, 0.15) is 47.8 Å². The summed E-state index contributed by atoms with van der Waals surface area (Å²) in [7, 11) is 0.992. The maximum absolute atomic E-state index is 13.4. The fraction of sp³-hybridized carbons (Fsp3) is 0.600. The van der Waals surface area contributed by atoms with Gasteiger partial charge in [0.05, 0.1) is 12.5 Å². The SMILES string of the molecule is COCCOOC(=O)C(C)(P=O)C(C(=O)c1c(C)cc(C)cc1C)C(C)C. The predicted octanol–water partition coefficient (Wildman–Crippen LogP) is 4.24. The second-order valence-corrected chi connectivity index (χ2v) is 8.40. The van der Waals surface area contributed by atoms with Crippen LogP contribution in [0.4, 0.5) is 0 Å². The molecule has 0 aliphatic rings. The molecule has 1 aromatic carbocycles. The maximum Gasteiger partial charge on any atom is 0.360 e. The lowest BCUT2D eigenvalue weighted by Crippen LogP contribution is -2.46. The summed E-state index contributed by atoms with van der Waals surface area (Å²) < 4.78 is 16.8. The molecule has 0 saturated heterocycles. The molecular weight excluding hydrogens is 367 g/mol. The number of benzene rings is 1. The van der Waals surface area contributed by atoms with Gasteiger partial charge in [-0.05, 0) is 44.7 Å². The molecule has 0 spiro atoms. The van der Waals surface area contributed by atoms with Gasteiger partial charge < -0.3 is 4.74 Å². The van der Waals surface area contributed by atoms with E-state index in [1.54, 1.807) is 0 Å². The third-order valence-corrected chi connectivity index (χ3v) is 5.43. The van der Waals surface area contributed by atoms with Crippen LogP contribution in [-0.4, -0.2) is 37.2 Å². The zero-order valence-electron chi connectivity index (χ0n) is 17.1. The van der Waals surface area contributed by atoms with Crippen molar-refractivity contribution in [2.24, 2.45) is 11.8 Å². The topological polar surface area (TPSA) is 78.9 Å². The Hall–Kier alpha value is -1.62. The number of methoxy groups -OCH3 is 1. The van der Waals surface area contributed by atoms with Crippen LogP contribution >= 0.6 is 8.46 Å². The van der Waals surface area contributed by atoms with Crippen LogP contribution < -0.4 is 0 Å². The van der Waals surface area contributed by atoms with E-state index in [9.17, 15) is 14.2 Å². The van der Waals surface area contributed by atoms with E-state index in [1.807, 2.05) is 46.8 Å². The van der Waals surface area contributed by atoms with E-state index in [0.29, 0.717) is 5.56 Å². The van der Waals surface area contributed by atoms with Gasteiger partial charge in [-0.3, -0.25) is 14.2 Å². The Balaban J connectivity index is 3.26. The lowest BCUT2D eigenvalue weighted by atomic mass is 9.76. The van der Waals surface area contributed by atoms with Crippen molar-refractivity contribution >= 4 is 20.2 Å². The second-order valence-electron chi connectivity index (χ2n) is 7.28. The lowest BCUT2D eigenvalue weighted by molar-refractivity contribution is -0.278. The van der Waals surface area contributed by atoms with E-state index in [4.69, 9.17) is 14.5 Å². The van der Waals surface area contributed by atoms with Gasteiger partial charge in [-0.1, -0.05) is 31.5 Å². The Morgan fingerprint density at radius 2 is 1.67 bits per heavy atom. The standard InChI is InChI=1S/C20H29O6P/c1-12(2)17(18(21)16-14(4)10-13(3)11-15(16)5)20(6,27-23)19(22)26-25-9-8-24-7/h10-12,17H,8-9H2,1-7H3. The van der Waals surface area contributed by atoms with Crippen LogP contribution in [0.15, 0.2) is 12.1 Å². The van der Waals surface area contributed by atoms with E-state index in [0.717, 1.165) is 16.7 Å². The van der Waals surface area contributed by atoms with Gasteiger partial charge in [-0.15, -0.1) is 0 Å². The lowest BCUT2D eigenvalue weighted by Gasteiger charge is -2.31. The molecule has 0 aliphatic carbocycles. The first-order valence-corrected chi connectivity index (χ1v) is 9.70. The molecular formula is C20H29O6P. The second kappa shape index (κ2) is 10.1. The highest BCUT2D eigenvalue weighted by Gasteiger charge is 2.50. The summed E-state index contributed by atoms with van der Waals surface area (Å²) in [5.74, 6) is -2.14. The first-order chi connectivity index (χ1) is 12.6. The van der Waals surface area contributed by atoms with E-state index in [1.165, 1.54) is 14.0 Å². The highest BCUT2D eigenvalue weighted by atomic mass is 31.1. The fourth-order valence-electron chi connectivity index (χ4n) is 3.45. The monoisotopic (exact) mass is 396 g/mol. The zero-order valence-corrected chi connectivity index (χ0v) is 18.0. The van der Waals surface area contributed by atoms with Gasteiger partial charge in [0.15, 0.2) is 19.4 Å². The molecule has 0 amide bonds. The minimum absolute atomic E-state index is 0.0462. The summed E-state index contributed by atoms with van der Waals surface area (Å²) in [6, 6.07) is 3.85. The Morgan fingerprint density at radius 3 is 2.11 bits per heavy atom. The molecule has 0 bridgehead atoms. The van der Waals surface area contributed by atoms with E-state index >= 15 is 0 Å². The molecule has 7 heteroatoms. The number of ether oxygens (including phenoxy) is 1. The van der Waals surface area contributed by atoms with Crippen molar-refractivity contribution in [1.29, 1.82) is 0 Å². The van der Waals surface area contributed by atoms with Crippen molar-refractivity contribution in [3.63, 3.8) is 0 Å². The molecule has 0 heterocycles. The highest BCUT2D eigenvalue weighted by molar-refractivity contribution is 7.27. The summed E-state index contributed by atoms with van der Waals surface area (Å²) in [5, 5.41) is -1.57. The summed E-state index contributed by atoms with van der Waals surface area (Å²) in [6.07, 6.45) is 0. The van der Waals surface area contributed by atoms with Gasteiger partial charge in [-0.25, -0.2) is 4.79 Å². The summed E-state index contributed by atoms with van der Waals surface area (Å²) in [4.78, 5) is 35.7. The van der Waals surface area contributed by atoms with Gasteiger partial charge in [0.2, 0.25) is 0 Å². The third-order valence-electron chi connectivity index (χ3n) is 4.59. The first kappa shape index (κ1) is 23.4. The highest BCUT2D eigenvalue weighted by Crippen LogP contribution is 2.40. The minimum Gasteiger partial charge on any atom is -0.382 e. The predicted molar refractivity (Wildman–Crippen MR) is 103 cm³/mol. The number of Topliss-reactive ketones (excluding diaryl/α,β-unsaturated/α-hetero) is 1. The largest absolute Gasteiger partial charge is 0.382 e. The van der Waals surface area contributed by atoms with Gasteiger partial charge in [0.25, 0.3) is 0 Å². The van der Waals surface area contributed by atoms with Crippen LogP contribution in [0.25, 0.3) is 0 Å². The molecule has 0 aliphatic heterocycles. The van der Waals surface area contributed by atoms with Crippen LogP contribution in [0.5, 0.6) is 0 Å². The fourth-order valence-corrected chi connectivity index (χ4v) is 4.09.